The van der Waals surface area contributed by atoms with Crippen LogP contribution in [0.3, 0.4) is 0 Å². The molecule has 3 rings (SSSR count). The SMILES string of the molecule is CCSc1ccc(Cc2nnc(NC(=O)c3cc(C)ccc3C)o2)cc1. The van der Waals surface area contributed by atoms with Gasteiger partial charge in [0, 0.05) is 10.5 Å². The number of aryl methyl sites for hydroxylation is 2. The largest absolute Gasteiger partial charge is 0.407 e. The number of rotatable bonds is 6. The standard InChI is InChI=1S/C20H21N3O2S/c1-4-26-16-9-7-15(8-10-16)12-18-22-23-20(25-18)21-19(24)17-11-13(2)5-6-14(17)3/h5-11H,4,12H2,1-3H3,(H,21,23,24). The monoisotopic (exact) mass is 367 g/mol. The number of carbonyl (C=O) groups excluding carboxylic acids is 1. The number of anilines is 1. The van der Waals surface area contributed by atoms with E-state index in [0.29, 0.717) is 17.9 Å². The molecule has 1 amide bonds. The second kappa shape index (κ2) is 8.19. The van der Waals surface area contributed by atoms with Crippen molar-refractivity contribution in [2.24, 2.45) is 0 Å². The van der Waals surface area contributed by atoms with Gasteiger partial charge in [-0.1, -0.05) is 41.9 Å². The summed E-state index contributed by atoms with van der Waals surface area (Å²) in [5.41, 5.74) is 3.62. The predicted molar refractivity (Wildman–Crippen MR) is 104 cm³/mol. The van der Waals surface area contributed by atoms with Crippen molar-refractivity contribution in [3.63, 3.8) is 0 Å². The zero-order valence-corrected chi connectivity index (χ0v) is 15.9. The summed E-state index contributed by atoms with van der Waals surface area (Å²) in [5.74, 6) is 1.27. The molecule has 0 atom stereocenters. The third-order valence-corrected chi connectivity index (χ3v) is 4.81. The summed E-state index contributed by atoms with van der Waals surface area (Å²) in [6.45, 7) is 5.98. The number of nitrogens with one attached hydrogen (secondary N) is 1. The average Bonchev–Trinajstić information content (AvgIpc) is 3.06. The van der Waals surface area contributed by atoms with Gasteiger partial charge < -0.3 is 4.42 Å². The van der Waals surface area contributed by atoms with E-state index >= 15 is 0 Å². The Labute approximate surface area is 157 Å². The van der Waals surface area contributed by atoms with Gasteiger partial charge in [0.05, 0.1) is 6.42 Å². The van der Waals surface area contributed by atoms with Crippen molar-refractivity contribution in [3.05, 3.63) is 70.6 Å². The van der Waals surface area contributed by atoms with E-state index in [1.165, 1.54) is 4.90 Å². The Kier molecular flexibility index (Phi) is 5.73. The van der Waals surface area contributed by atoms with E-state index in [0.717, 1.165) is 22.4 Å². The maximum absolute atomic E-state index is 12.4. The summed E-state index contributed by atoms with van der Waals surface area (Å²) in [4.78, 5) is 13.7. The van der Waals surface area contributed by atoms with Crippen LogP contribution in [0.25, 0.3) is 0 Å². The topological polar surface area (TPSA) is 68.0 Å². The molecule has 0 saturated heterocycles. The highest BCUT2D eigenvalue weighted by molar-refractivity contribution is 7.99. The molecule has 5 nitrogen and oxygen atoms in total. The van der Waals surface area contributed by atoms with Crippen LogP contribution in [0.1, 0.15) is 39.9 Å². The van der Waals surface area contributed by atoms with E-state index in [9.17, 15) is 4.79 Å². The first-order chi connectivity index (χ1) is 12.5. The van der Waals surface area contributed by atoms with Crippen LogP contribution in [0.15, 0.2) is 51.8 Å². The number of carbonyl (C=O) groups is 1. The van der Waals surface area contributed by atoms with Crippen LogP contribution in [0.5, 0.6) is 0 Å². The fourth-order valence-electron chi connectivity index (χ4n) is 2.57. The fraction of sp³-hybridized carbons (Fsp3) is 0.250. The summed E-state index contributed by atoms with van der Waals surface area (Å²) in [6, 6.07) is 14.1. The van der Waals surface area contributed by atoms with Gasteiger partial charge in [0.2, 0.25) is 5.89 Å². The lowest BCUT2D eigenvalue weighted by Crippen LogP contribution is -2.13. The Bertz CT molecular complexity index is 904. The molecule has 0 unspecified atom stereocenters. The van der Waals surface area contributed by atoms with Crippen LogP contribution in [-0.2, 0) is 6.42 Å². The lowest BCUT2D eigenvalue weighted by molar-refractivity contribution is 0.102. The molecule has 0 saturated carbocycles. The van der Waals surface area contributed by atoms with Crippen LogP contribution in [0.2, 0.25) is 0 Å². The van der Waals surface area contributed by atoms with Crippen LogP contribution in [0, 0.1) is 13.8 Å². The quantitative estimate of drug-likeness (QED) is 0.643. The summed E-state index contributed by atoms with van der Waals surface area (Å²) in [6.07, 6.45) is 0.531. The van der Waals surface area contributed by atoms with E-state index in [4.69, 9.17) is 4.42 Å². The van der Waals surface area contributed by atoms with Crippen molar-refractivity contribution < 1.29 is 9.21 Å². The van der Waals surface area contributed by atoms with Gasteiger partial charge in [-0.3, -0.25) is 10.1 Å². The van der Waals surface area contributed by atoms with Gasteiger partial charge in [0.1, 0.15) is 0 Å². The highest BCUT2D eigenvalue weighted by Gasteiger charge is 2.14. The molecular formula is C20H21N3O2S. The van der Waals surface area contributed by atoms with E-state index < -0.39 is 0 Å². The van der Waals surface area contributed by atoms with Crippen molar-refractivity contribution in [1.29, 1.82) is 0 Å². The first-order valence-corrected chi connectivity index (χ1v) is 9.46. The van der Waals surface area contributed by atoms with Crippen LogP contribution in [-0.4, -0.2) is 21.9 Å². The second-order valence-electron chi connectivity index (χ2n) is 6.03. The first-order valence-electron chi connectivity index (χ1n) is 8.48. The number of amides is 1. The molecule has 0 aliphatic rings. The number of thioether (sulfide) groups is 1. The Balaban J connectivity index is 1.66. The molecule has 0 aliphatic heterocycles. The molecule has 0 spiro atoms. The van der Waals surface area contributed by atoms with Crippen LogP contribution < -0.4 is 5.32 Å². The maximum Gasteiger partial charge on any atom is 0.322 e. The zero-order valence-electron chi connectivity index (χ0n) is 15.1. The minimum absolute atomic E-state index is 0.115. The summed E-state index contributed by atoms with van der Waals surface area (Å²) >= 11 is 1.80. The third-order valence-electron chi connectivity index (χ3n) is 3.91. The van der Waals surface area contributed by atoms with Gasteiger partial charge in [-0.25, -0.2) is 0 Å². The molecule has 0 radical (unpaired) electrons. The summed E-state index contributed by atoms with van der Waals surface area (Å²) in [5, 5.41) is 10.6. The molecule has 134 valence electrons. The smallest absolute Gasteiger partial charge is 0.322 e. The summed E-state index contributed by atoms with van der Waals surface area (Å²) in [7, 11) is 0. The zero-order chi connectivity index (χ0) is 18.5. The molecule has 2 aromatic carbocycles. The van der Waals surface area contributed by atoms with Gasteiger partial charge in [-0.05, 0) is 48.9 Å². The average molecular weight is 367 g/mol. The van der Waals surface area contributed by atoms with Crippen molar-refractivity contribution in [2.45, 2.75) is 32.1 Å². The molecule has 1 N–H and O–H groups in total. The van der Waals surface area contributed by atoms with Gasteiger partial charge in [-0.15, -0.1) is 16.9 Å². The Morgan fingerprint density at radius 2 is 1.88 bits per heavy atom. The molecule has 0 aliphatic carbocycles. The molecule has 3 aromatic rings. The van der Waals surface area contributed by atoms with E-state index in [-0.39, 0.29) is 11.9 Å². The molecular weight excluding hydrogens is 346 g/mol. The summed E-state index contributed by atoms with van der Waals surface area (Å²) < 4.78 is 5.57. The Morgan fingerprint density at radius 1 is 1.12 bits per heavy atom. The van der Waals surface area contributed by atoms with Crippen molar-refractivity contribution in [1.82, 2.24) is 10.2 Å². The first kappa shape index (κ1) is 18.2. The molecule has 0 bridgehead atoms. The highest BCUT2D eigenvalue weighted by Crippen LogP contribution is 2.19. The maximum atomic E-state index is 12.4. The van der Waals surface area contributed by atoms with Gasteiger partial charge in [0.15, 0.2) is 0 Å². The van der Waals surface area contributed by atoms with E-state index in [2.05, 4.69) is 46.7 Å². The van der Waals surface area contributed by atoms with E-state index in [1.54, 1.807) is 11.8 Å². The lowest BCUT2D eigenvalue weighted by Gasteiger charge is -2.05. The molecule has 1 aromatic heterocycles. The molecule has 6 heteroatoms. The molecule has 1 heterocycles. The molecule has 0 fully saturated rings. The highest BCUT2D eigenvalue weighted by atomic mass is 32.2. The predicted octanol–water partition coefficient (Wildman–Crippen LogP) is 4.64. The van der Waals surface area contributed by atoms with Crippen LogP contribution in [0.4, 0.5) is 6.01 Å². The van der Waals surface area contributed by atoms with Crippen LogP contribution >= 0.6 is 11.8 Å². The number of hydrogen-bond donors (Lipinski definition) is 1. The van der Waals surface area contributed by atoms with E-state index in [1.807, 2.05) is 32.0 Å². The van der Waals surface area contributed by atoms with Gasteiger partial charge in [-0.2, -0.15) is 0 Å². The lowest BCUT2D eigenvalue weighted by atomic mass is 10.1. The van der Waals surface area contributed by atoms with Crippen molar-refractivity contribution in [3.8, 4) is 0 Å². The van der Waals surface area contributed by atoms with Gasteiger partial charge in [0.25, 0.3) is 5.91 Å². The second-order valence-corrected chi connectivity index (χ2v) is 7.36. The van der Waals surface area contributed by atoms with Crippen molar-refractivity contribution >= 4 is 23.7 Å². The minimum Gasteiger partial charge on any atom is -0.407 e. The van der Waals surface area contributed by atoms with Crippen molar-refractivity contribution in [2.75, 3.05) is 11.1 Å². The third kappa shape index (κ3) is 4.52. The molecule has 26 heavy (non-hydrogen) atoms. The number of benzene rings is 2. The Morgan fingerprint density at radius 3 is 2.62 bits per heavy atom. The normalized spacial score (nSPS) is 10.7. The van der Waals surface area contributed by atoms with Gasteiger partial charge >= 0.3 is 6.01 Å². The fourth-order valence-corrected chi connectivity index (χ4v) is 3.23. The number of aromatic nitrogens is 2. The Hall–Kier alpha value is -2.60. The number of hydrogen-bond acceptors (Lipinski definition) is 5. The minimum atomic E-state index is -0.248. The number of nitrogens with zero attached hydrogens (tertiary/aromatic N) is 2.